The molecule has 2 aromatic carbocycles. The normalized spacial score (nSPS) is 10.4. The minimum atomic E-state index is -0.588. The number of amides is 1. The van der Waals surface area contributed by atoms with E-state index in [-0.39, 0.29) is 28.8 Å². The number of anilines is 1. The molecule has 0 saturated heterocycles. The Bertz CT molecular complexity index is 986. The van der Waals surface area contributed by atoms with Crippen molar-refractivity contribution in [2.45, 2.75) is 6.61 Å². The fourth-order valence-electron chi connectivity index (χ4n) is 2.17. The van der Waals surface area contributed by atoms with Gasteiger partial charge >= 0.3 is 0 Å². The summed E-state index contributed by atoms with van der Waals surface area (Å²) >= 11 is 11.8. The zero-order chi connectivity index (χ0) is 19.4. The summed E-state index contributed by atoms with van der Waals surface area (Å²) in [6, 6.07) is 13.6. The molecule has 9 heteroatoms. The Hall–Kier alpha value is -3.03. The van der Waals surface area contributed by atoms with Gasteiger partial charge in [0.1, 0.15) is 18.1 Å². The number of benzene rings is 2. The Morgan fingerprint density at radius 1 is 1.11 bits per heavy atom. The van der Waals surface area contributed by atoms with Gasteiger partial charge in [-0.2, -0.15) is 0 Å². The molecule has 138 valence electrons. The van der Waals surface area contributed by atoms with E-state index in [1.54, 1.807) is 30.3 Å². The lowest BCUT2D eigenvalue weighted by molar-refractivity contribution is -0.384. The van der Waals surface area contributed by atoms with E-state index in [4.69, 9.17) is 32.4 Å². The summed E-state index contributed by atoms with van der Waals surface area (Å²) < 4.78 is 11.0. The first kappa shape index (κ1) is 18.8. The van der Waals surface area contributed by atoms with E-state index in [0.29, 0.717) is 16.5 Å². The van der Waals surface area contributed by atoms with Crippen molar-refractivity contribution in [3.8, 4) is 5.75 Å². The fourth-order valence-corrected chi connectivity index (χ4v) is 2.46. The zero-order valence-corrected chi connectivity index (χ0v) is 15.2. The van der Waals surface area contributed by atoms with E-state index in [1.165, 1.54) is 24.3 Å². The predicted octanol–water partition coefficient (Wildman–Crippen LogP) is 5.33. The average Bonchev–Trinajstić information content (AvgIpc) is 3.12. The summed E-state index contributed by atoms with van der Waals surface area (Å²) in [6.45, 7) is 0.118. The molecule has 3 aromatic rings. The highest BCUT2D eigenvalue weighted by atomic mass is 35.5. The number of nitrogens with one attached hydrogen (secondary N) is 1. The minimum absolute atomic E-state index is 0.0206. The molecule has 0 aliphatic carbocycles. The van der Waals surface area contributed by atoms with Gasteiger partial charge in [0.2, 0.25) is 0 Å². The average molecular weight is 407 g/mol. The number of nitrogens with zero attached hydrogens (tertiary/aromatic N) is 1. The van der Waals surface area contributed by atoms with Crippen LogP contribution in [0.1, 0.15) is 16.3 Å². The van der Waals surface area contributed by atoms with Crippen molar-refractivity contribution in [1.82, 2.24) is 0 Å². The van der Waals surface area contributed by atoms with Gasteiger partial charge in [0.05, 0.1) is 15.6 Å². The van der Waals surface area contributed by atoms with Crippen LogP contribution in [-0.4, -0.2) is 10.8 Å². The van der Waals surface area contributed by atoms with E-state index in [0.717, 1.165) is 0 Å². The number of furan rings is 1. The van der Waals surface area contributed by atoms with E-state index in [1.807, 2.05) is 0 Å². The minimum Gasteiger partial charge on any atom is -0.486 e. The smallest absolute Gasteiger partial charge is 0.291 e. The molecular weight excluding hydrogens is 395 g/mol. The van der Waals surface area contributed by atoms with Crippen molar-refractivity contribution in [3.05, 3.63) is 86.3 Å². The molecule has 7 nitrogen and oxygen atoms in total. The predicted molar refractivity (Wildman–Crippen MR) is 101 cm³/mol. The molecule has 0 aliphatic rings. The third kappa shape index (κ3) is 4.78. The topological polar surface area (TPSA) is 94.6 Å². The van der Waals surface area contributed by atoms with Crippen molar-refractivity contribution < 1.29 is 18.9 Å². The van der Waals surface area contributed by atoms with Crippen LogP contribution in [0.4, 0.5) is 11.4 Å². The van der Waals surface area contributed by atoms with E-state index in [2.05, 4.69) is 5.32 Å². The molecule has 1 aromatic heterocycles. The first-order valence-corrected chi connectivity index (χ1v) is 8.40. The van der Waals surface area contributed by atoms with Crippen LogP contribution in [0, 0.1) is 10.1 Å². The lowest BCUT2D eigenvalue weighted by Gasteiger charge is -2.06. The largest absolute Gasteiger partial charge is 0.486 e. The first-order valence-electron chi connectivity index (χ1n) is 7.65. The molecule has 1 heterocycles. The maximum Gasteiger partial charge on any atom is 0.291 e. The number of carbonyl (C=O) groups is 1. The van der Waals surface area contributed by atoms with E-state index < -0.39 is 10.8 Å². The second kappa shape index (κ2) is 8.11. The highest BCUT2D eigenvalue weighted by molar-refractivity contribution is 6.34. The van der Waals surface area contributed by atoms with Crippen molar-refractivity contribution in [1.29, 1.82) is 0 Å². The number of halogens is 2. The van der Waals surface area contributed by atoms with Crippen molar-refractivity contribution in [3.63, 3.8) is 0 Å². The number of nitro benzene ring substituents is 1. The number of non-ortho nitro benzene ring substituents is 1. The molecule has 27 heavy (non-hydrogen) atoms. The summed E-state index contributed by atoms with van der Waals surface area (Å²) in [5.74, 6) is 0.466. The van der Waals surface area contributed by atoms with Crippen LogP contribution in [0.3, 0.4) is 0 Å². The Morgan fingerprint density at radius 2 is 1.85 bits per heavy atom. The number of rotatable bonds is 6. The molecule has 3 rings (SSSR count). The molecule has 1 N–H and O–H groups in total. The molecule has 1 amide bonds. The van der Waals surface area contributed by atoms with Crippen LogP contribution in [-0.2, 0) is 6.61 Å². The molecule has 0 radical (unpaired) electrons. The second-order valence-corrected chi connectivity index (χ2v) is 6.23. The molecule has 0 aliphatic heterocycles. The van der Waals surface area contributed by atoms with Crippen LogP contribution in [0.15, 0.2) is 59.0 Å². The number of hydrogen-bond donors (Lipinski definition) is 1. The fraction of sp³-hybridized carbons (Fsp3) is 0.0556. The quantitative estimate of drug-likeness (QED) is 0.441. The van der Waals surface area contributed by atoms with Gasteiger partial charge in [0.25, 0.3) is 11.6 Å². The summed E-state index contributed by atoms with van der Waals surface area (Å²) in [5.41, 5.74) is -0.0718. The standard InChI is InChI=1S/C18H12Cl2N2O5/c19-11-1-4-13(5-2-11)26-10-14-6-8-17(27-14)18(23)21-16-9-12(22(24)25)3-7-15(16)20/h1-9H,10H2,(H,21,23). The molecule has 0 unspecified atom stereocenters. The Balaban J connectivity index is 1.65. The van der Waals surface area contributed by atoms with E-state index in [9.17, 15) is 14.9 Å². The summed E-state index contributed by atoms with van der Waals surface area (Å²) in [7, 11) is 0. The van der Waals surface area contributed by atoms with E-state index >= 15 is 0 Å². The highest BCUT2D eigenvalue weighted by Gasteiger charge is 2.16. The third-order valence-electron chi connectivity index (χ3n) is 3.49. The van der Waals surface area contributed by atoms with Crippen LogP contribution < -0.4 is 10.1 Å². The molecular formula is C18H12Cl2N2O5. The van der Waals surface area contributed by atoms with Crippen molar-refractivity contribution >= 4 is 40.5 Å². The maximum absolute atomic E-state index is 12.3. The molecule has 0 bridgehead atoms. The third-order valence-corrected chi connectivity index (χ3v) is 4.07. The molecule has 0 spiro atoms. The van der Waals surface area contributed by atoms with Gasteiger partial charge in [-0.25, -0.2) is 0 Å². The lowest BCUT2D eigenvalue weighted by Crippen LogP contribution is -2.11. The van der Waals surface area contributed by atoms with Gasteiger partial charge in [-0.05, 0) is 42.5 Å². The first-order chi connectivity index (χ1) is 12.9. The Morgan fingerprint density at radius 3 is 2.56 bits per heavy atom. The van der Waals surface area contributed by atoms with Crippen molar-refractivity contribution in [2.24, 2.45) is 0 Å². The molecule has 0 saturated carbocycles. The van der Waals surface area contributed by atoms with Gasteiger partial charge in [0, 0.05) is 17.2 Å². The van der Waals surface area contributed by atoms with Crippen LogP contribution in [0.2, 0.25) is 10.0 Å². The van der Waals surface area contributed by atoms with Crippen LogP contribution >= 0.6 is 23.2 Å². The van der Waals surface area contributed by atoms with Gasteiger partial charge < -0.3 is 14.5 Å². The van der Waals surface area contributed by atoms with Gasteiger partial charge in [-0.15, -0.1) is 0 Å². The summed E-state index contributed by atoms with van der Waals surface area (Å²) in [6.07, 6.45) is 0. The number of carbonyl (C=O) groups excluding carboxylic acids is 1. The van der Waals surface area contributed by atoms with Crippen LogP contribution in [0.25, 0.3) is 0 Å². The zero-order valence-electron chi connectivity index (χ0n) is 13.6. The van der Waals surface area contributed by atoms with Gasteiger partial charge in [-0.1, -0.05) is 23.2 Å². The molecule has 0 atom stereocenters. The summed E-state index contributed by atoms with van der Waals surface area (Å²) in [5, 5.41) is 14.1. The summed E-state index contributed by atoms with van der Waals surface area (Å²) in [4.78, 5) is 22.5. The maximum atomic E-state index is 12.3. The number of hydrogen-bond acceptors (Lipinski definition) is 5. The molecule has 0 fully saturated rings. The lowest BCUT2D eigenvalue weighted by atomic mass is 10.2. The number of nitro groups is 1. The Labute approximate surface area is 163 Å². The van der Waals surface area contributed by atoms with Crippen molar-refractivity contribution in [2.75, 3.05) is 5.32 Å². The SMILES string of the molecule is O=C(Nc1cc([N+](=O)[O-])ccc1Cl)c1ccc(COc2ccc(Cl)cc2)o1. The van der Waals surface area contributed by atoms with Gasteiger partial charge in [0.15, 0.2) is 5.76 Å². The Kier molecular flexibility index (Phi) is 5.63. The number of ether oxygens (including phenoxy) is 1. The monoisotopic (exact) mass is 406 g/mol. The second-order valence-electron chi connectivity index (χ2n) is 5.38. The van der Waals surface area contributed by atoms with Crippen LogP contribution in [0.5, 0.6) is 5.75 Å². The highest BCUT2D eigenvalue weighted by Crippen LogP contribution is 2.27. The van der Waals surface area contributed by atoms with Gasteiger partial charge in [-0.3, -0.25) is 14.9 Å².